The van der Waals surface area contributed by atoms with Crippen molar-refractivity contribution in [2.75, 3.05) is 60.7 Å². The summed E-state index contributed by atoms with van der Waals surface area (Å²) in [5, 5.41) is 35.7. The van der Waals surface area contributed by atoms with Crippen molar-refractivity contribution in [3.05, 3.63) is 96.8 Å². The quantitative estimate of drug-likeness (QED) is 0.0612. The number of carbonyl (C=O) groups excluding carboxylic acids is 6. The lowest BCUT2D eigenvalue weighted by Gasteiger charge is -2.26. The first kappa shape index (κ1) is 54.1. The van der Waals surface area contributed by atoms with Crippen LogP contribution in [0.1, 0.15) is 99.0 Å². The van der Waals surface area contributed by atoms with Crippen LogP contribution in [0, 0.1) is 0 Å². The highest BCUT2D eigenvalue weighted by Crippen LogP contribution is 2.23. The molecular weight excluding hydrogens is 964 g/mol. The molecule has 2 fully saturated rings. The van der Waals surface area contributed by atoms with Crippen LogP contribution in [0.15, 0.2) is 85.7 Å². The Bertz CT molecular complexity index is 2840. The summed E-state index contributed by atoms with van der Waals surface area (Å²) < 4.78 is 8.53. The van der Waals surface area contributed by atoms with Crippen LogP contribution in [-0.4, -0.2) is 139 Å². The van der Waals surface area contributed by atoms with Crippen molar-refractivity contribution in [1.29, 1.82) is 0 Å². The molecule has 2 atom stereocenters. The fourth-order valence-corrected chi connectivity index (χ4v) is 7.51. The molecule has 0 aliphatic carbocycles. The highest BCUT2D eigenvalue weighted by molar-refractivity contribution is 6.62. The van der Waals surface area contributed by atoms with E-state index in [0.717, 1.165) is 64.7 Å². The summed E-state index contributed by atoms with van der Waals surface area (Å²) in [4.78, 5) is 91.7. The molecule has 0 radical (unpaired) electrons. The number of likely N-dealkylation sites (tertiary alicyclic amines) is 2. The van der Waals surface area contributed by atoms with E-state index in [9.17, 15) is 33.9 Å². The molecule has 6 aromatic heterocycles. The molecular formula is C48H57ClN16O8. The molecule has 0 unspecified atom stereocenters. The number of rotatable bonds is 13. The van der Waals surface area contributed by atoms with E-state index >= 15 is 0 Å². The molecule has 8 rings (SSSR count). The molecule has 2 aliphatic heterocycles. The Kier molecular flexibility index (Phi) is 19.9. The van der Waals surface area contributed by atoms with Crippen LogP contribution in [-0.2, 0) is 14.3 Å². The number of piperidine rings is 2. The second-order valence-corrected chi connectivity index (χ2v) is 17.3. The second kappa shape index (κ2) is 26.8. The summed E-state index contributed by atoms with van der Waals surface area (Å²) in [5.74, 6) is 1.55. The van der Waals surface area contributed by atoms with Gasteiger partial charge in [0.05, 0.1) is 18.7 Å². The largest absolute Gasteiger partial charge is 0.464 e. The Balaban J connectivity index is 0.000000223. The molecule has 25 heteroatoms. The number of esters is 1. The Morgan fingerprint density at radius 3 is 1.44 bits per heavy atom. The van der Waals surface area contributed by atoms with Crippen LogP contribution in [0.25, 0.3) is 23.0 Å². The van der Waals surface area contributed by atoms with E-state index in [0.29, 0.717) is 40.0 Å². The number of ether oxygens (including phenoxy) is 1. The molecule has 0 bridgehead atoms. The molecule has 6 amide bonds. The number of urea groups is 2. The van der Waals surface area contributed by atoms with E-state index in [-0.39, 0.29) is 65.8 Å². The summed E-state index contributed by atoms with van der Waals surface area (Å²) in [5.41, 5.74) is 1.94. The first-order valence-corrected chi connectivity index (χ1v) is 23.9. The van der Waals surface area contributed by atoms with Crippen LogP contribution < -0.4 is 21.3 Å². The Morgan fingerprint density at radius 1 is 0.616 bits per heavy atom. The SMILES string of the molecule is CC(=O)Cl.CC(=O)OC[C@@H](C)n1cnnc1-c1cccc(NC(=O)Nc2cc(C(=O)N3CCCCC3)ccn2)n1.C[C@H](CO)n1cnnc1-c1cccc(NC(=O)Nc2cc(C(=O)N3CCCCC3)ccn2)n1. The second-order valence-electron chi connectivity index (χ2n) is 16.8. The number of aliphatic hydroxyl groups excluding tert-OH is 1. The summed E-state index contributed by atoms with van der Waals surface area (Å²) in [6, 6.07) is 15.1. The van der Waals surface area contributed by atoms with E-state index in [1.807, 2.05) is 23.6 Å². The Morgan fingerprint density at radius 2 is 1.03 bits per heavy atom. The molecule has 6 aromatic rings. The monoisotopic (exact) mass is 1020 g/mol. The van der Waals surface area contributed by atoms with Gasteiger partial charge in [0.25, 0.3) is 11.8 Å². The third kappa shape index (κ3) is 16.1. The summed E-state index contributed by atoms with van der Waals surface area (Å²) in [7, 11) is 0. The van der Waals surface area contributed by atoms with Gasteiger partial charge in [-0.05, 0) is 113 Å². The van der Waals surface area contributed by atoms with E-state index < -0.39 is 12.1 Å². The van der Waals surface area contributed by atoms with Gasteiger partial charge in [0.2, 0.25) is 5.24 Å². The number of pyridine rings is 4. The summed E-state index contributed by atoms with van der Waals surface area (Å²) in [6.45, 7) is 9.40. The van der Waals surface area contributed by atoms with Gasteiger partial charge in [-0.3, -0.25) is 40.4 Å². The average molecular weight is 1020 g/mol. The third-order valence-electron chi connectivity index (χ3n) is 11.1. The number of nitrogens with zero attached hydrogens (tertiary/aromatic N) is 12. The number of hydrogen-bond donors (Lipinski definition) is 5. The Labute approximate surface area is 425 Å². The minimum Gasteiger partial charge on any atom is -0.464 e. The molecule has 0 aromatic carbocycles. The van der Waals surface area contributed by atoms with Gasteiger partial charge < -0.3 is 28.8 Å². The number of aliphatic hydroxyl groups is 1. The minimum absolute atomic E-state index is 0.0591. The first-order valence-electron chi connectivity index (χ1n) is 23.5. The number of nitrogens with one attached hydrogen (secondary N) is 4. The molecule has 0 saturated carbocycles. The smallest absolute Gasteiger partial charge is 0.326 e. The van der Waals surface area contributed by atoms with Gasteiger partial charge in [-0.25, -0.2) is 29.5 Å². The highest BCUT2D eigenvalue weighted by Gasteiger charge is 2.22. The van der Waals surface area contributed by atoms with Crippen molar-refractivity contribution in [3.8, 4) is 23.0 Å². The lowest BCUT2D eigenvalue weighted by molar-refractivity contribution is -0.141. The van der Waals surface area contributed by atoms with Crippen LogP contribution in [0.3, 0.4) is 0 Å². The number of aromatic nitrogens is 10. The lowest BCUT2D eigenvalue weighted by atomic mass is 10.1. The molecule has 2 aliphatic rings. The summed E-state index contributed by atoms with van der Waals surface area (Å²) >= 11 is 4.64. The molecule has 384 valence electrons. The number of halogens is 1. The fraction of sp³-hybridized carbons (Fsp3) is 0.375. The number of carbonyl (C=O) groups is 6. The van der Waals surface area contributed by atoms with Crippen molar-refractivity contribution >= 4 is 70.0 Å². The van der Waals surface area contributed by atoms with E-state index in [2.05, 4.69) is 73.2 Å². The number of hydrogen-bond acceptors (Lipinski definition) is 16. The maximum Gasteiger partial charge on any atom is 0.326 e. The van der Waals surface area contributed by atoms with Crippen molar-refractivity contribution < 1.29 is 38.6 Å². The van der Waals surface area contributed by atoms with Crippen molar-refractivity contribution in [2.45, 2.75) is 78.3 Å². The van der Waals surface area contributed by atoms with Crippen molar-refractivity contribution in [2.24, 2.45) is 0 Å². The van der Waals surface area contributed by atoms with Gasteiger partial charge in [-0.1, -0.05) is 12.1 Å². The molecule has 8 heterocycles. The standard InChI is InChI=1S/C24H28N8O4.C22H26N8O3.C2H3ClO/c1-16(14-36-17(2)33)32-15-26-30-22(32)19-7-6-8-20(27-19)28-24(35)29-21-13-18(9-10-25-21)23(34)31-11-4-3-5-12-31;1-15(13-31)30-14-24-28-20(30)17-6-5-7-18(25-17)26-22(33)27-19-12-16(8-9-23-19)21(32)29-10-3-2-4-11-29;1-2(3)4/h6-10,13,15-16H,3-5,11-12,14H2,1-2H3,(H2,25,27,28,29,35);5-9,12,14-15,31H,2-4,10-11,13H2,1H3,(H2,23,25,26,27,33);1H3/t16-;15-;/m11./s1. The predicted octanol–water partition coefficient (Wildman–Crippen LogP) is 6.46. The topological polar surface area (TPSA) is 299 Å². The maximum atomic E-state index is 12.8. The zero-order chi connectivity index (χ0) is 52.3. The molecule has 5 N–H and O–H groups in total. The fourth-order valence-electron chi connectivity index (χ4n) is 7.51. The van der Waals surface area contributed by atoms with Gasteiger partial charge in [-0.2, -0.15) is 0 Å². The van der Waals surface area contributed by atoms with Crippen molar-refractivity contribution in [1.82, 2.24) is 59.3 Å². The number of anilines is 4. The average Bonchev–Trinajstić information content (AvgIpc) is 4.10. The van der Waals surface area contributed by atoms with Crippen LogP contribution in [0.4, 0.5) is 32.9 Å². The van der Waals surface area contributed by atoms with Gasteiger partial charge in [0.15, 0.2) is 11.6 Å². The highest BCUT2D eigenvalue weighted by atomic mass is 35.5. The molecule has 2 saturated heterocycles. The van der Waals surface area contributed by atoms with Gasteiger partial charge in [0, 0.05) is 63.5 Å². The van der Waals surface area contributed by atoms with E-state index in [1.54, 1.807) is 69.8 Å². The van der Waals surface area contributed by atoms with Crippen molar-refractivity contribution in [3.63, 3.8) is 0 Å². The number of amides is 6. The van der Waals surface area contributed by atoms with Gasteiger partial charge in [-0.15, -0.1) is 20.4 Å². The van der Waals surface area contributed by atoms with E-state index in [1.165, 1.54) is 38.9 Å². The van der Waals surface area contributed by atoms with Crippen LogP contribution >= 0.6 is 11.6 Å². The maximum absolute atomic E-state index is 12.8. The van der Waals surface area contributed by atoms with E-state index in [4.69, 9.17) is 4.74 Å². The normalized spacial score (nSPS) is 13.9. The Hall–Kier alpha value is -8.25. The zero-order valence-corrected chi connectivity index (χ0v) is 41.5. The van der Waals surface area contributed by atoms with Crippen LogP contribution in [0.5, 0.6) is 0 Å². The lowest BCUT2D eigenvalue weighted by Crippen LogP contribution is -2.35. The van der Waals surface area contributed by atoms with Gasteiger partial charge >= 0.3 is 18.0 Å². The van der Waals surface area contributed by atoms with Gasteiger partial charge in [0.1, 0.15) is 53.9 Å². The molecule has 0 spiro atoms. The minimum atomic E-state index is -0.556. The predicted molar refractivity (Wildman–Crippen MR) is 269 cm³/mol. The zero-order valence-electron chi connectivity index (χ0n) is 40.8. The van der Waals surface area contributed by atoms with Crippen LogP contribution in [0.2, 0.25) is 0 Å². The third-order valence-corrected chi connectivity index (χ3v) is 11.1. The summed E-state index contributed by atoms with van der Waals surface area (Å²) in [6.07, 6.45) is 12.3. The first-order chi connectivity index (χ1) is 35.2. The molecule has 73 heavy (non-hydrogen) atoms. The molecule has 24 nitrogen and oxygen atoms in total.